The number of ether oxygens (including phenoxy) is 1. The normalized spacial score (nSPS) is 29.0. The van der Waals surface area contributed by atoms with Crippen molar-refractivity contribution in [2.24, 2.45) is 5.41 Å². The van der Waals surface area contributed by atoms with Gasteiger partial charge in [-0.1, -0.05) is 19.9 Å². The quantitative estimate of drug-likeness (QED) is 0.866. The molecule has 1 heterocycles. The monoisotopic (exact) mass is 259 g/mol. The molecule has 19 heavy (non-hydrogen) atoms. The van der Waals surface area contributed by atoms with Crippen LogP contribution in [0.5, 0.6) is 5.75 Å². The Kier molecular flexibility index (Phi) is 3.09. The van der Waals surface area contributed by atoms with Gasteiger partial charge in [-0.05, 0) is 61.3 Å². The zero-order valence-corrected chi connectivity index (χ0v) is 12.4. The lowest BCUT2D eigenvalue weighted by molar-refractivity contribution is -0.00141. The molecule has 1 fully saturated rings. The SMILES string of the molecule is CC1(C)CCCC(C)(Oc2ccc3c(c2)CNC3)C1. The first kappa shape index (κ1) is 13.0. The van der Waals surface area contributed by atoms with Crippen LogP contribution in [0.4, 0.5) is 0 Å². The first-order valence-electron chi connectivity index (χ1n) is 7.47. The van der Waals surface area contributed by atoms with Gasteiger partial charge in [0.25, 0.3) is 0 Å². The molecule has 1 unspecified atom stereocenters. The van der Waals surface area contributed by atoms with Crippen molar-refractivity contribution in [3.05, 3.63) is 29.3 Å². The van der Waals surface area contributed by atoms with Crippen LogP contribution in [-0.4, -0.2) is 5.60 Å². The molecule has 0 aromatic heterocycles. The Hall–Kier alpha value is -1.02. The molecule has 2 aliphatic rings. The molecule has 1 aromatic rings. The lowest BCUT2D eigenvalue weighted by Crippen LogP contribution is -2.41. The highest BCUT2D eigenvalue weighted by atomic mass is 16.5. The number of nitrogens with one attached hydrogen (secondary N) is 1. The van der Waals surface area contributed by atoms with Crippen molar-refractivity contribution in [1.82, 2.24) is 5.32 Å². The van der Waals surface area contributed by atoms with Gasteiger partial charge in [0.2, 0.25) is 0 Å². The van der Waals surface area contributed by atoms with E-state index in [1.165, 1.54) is 30.4 Å². The fourth-order valence-electron chi connectivity index (χ4n) is 3.84. The second-order valence-corrected chi connectivity index (χ2v) is 7.28. The summed E-state index contributed by atoms with van der Waals surface area (Å²) in [7, 11) is 0. The van der Waals surface area contributed by atoms with Gasteiger partial charge in [0.15, 0.2) is 0 Å². The van der Waals surface area contributed by atoms with Crippen LogP contribution < -0.4 is 10.1 Å². The van der Waals surface area contributed by atoms with E-state index in [9.17, 15) is 0 Å². The molecule has 0 spiro atoms. The van der Waals surface area contributed by atoms with E-state index in [-0.39, 0.29) is 5.60 Å². The van der Waals surface area contributed by atoms with E-state index < -0.39 is 0 Å². The average molecular weight is 259 g/mol. The molecule has 104 valence electrons. The molecular weight excluding hydrogens is 234 g/mol. The standard InChI is InChI=1S/C17H25NO/c1-16(2)7-4-8-17(3,12-16)19-15-6-5-13-10-18-11-14(13)9-15/h5-6,9,18H,4,7-8,10-12H2,1-3H3. The summed E-state index contributed by atoms with van der Waals surface area (Å²) in [5, 5.41) is 3.39. The Balaban J connectivity index is 1.77. The van der Waals surface area contributed by atoms with E-state index in [0.717, 1.165) is 25.3 Å². The highest BCUT2D eigenvalue weighted by Crippen LogP contribution is 2.43. The van der Waals surface area contributed by atoms with E-state index in [2.05, 4.69) is 44.3 Å². The molecule has 1 N–H and O–H groups in total. The van der Waals surface area contributed by atoms with E-state index in [4.69, 9.17) is 4.74 Å². The summed E-state index contributed by atoms with van der Waals surface area (Å²) in [5.74, 6) is 1.04. The van der Waals surface area contributed by atoms with Crippen LogP contribution in [0.25, 0.3) is 0 Å². The minimum absolute atomic E-state index is 0.00200. The summed E-state index contributed by atoms with van der Waals surface area (Å²) in [6.07, 6.45) is 4.91. The van der Waals surface area contributed by atoms with Crippen molar-refractivity contribution in [2.45, 2.75) is 65.1 Å². The largest absolute Gasteiger partial charge is 0.488 e. The Morgan fingerprint density at radius 1 is 1.05 bits per heavy atom. The van der Waals surface area contributed by atoms with Gasteiger partial charge in [-0.15, -0.1) is 0 Å². The first-order chi connectivity index (χ1) is 8.96. The van der Waals surface area contributed by atoms with Gasteiger partial charge in [-0.2, -0.15) is 0 Å². The van der Waals surface area contributed by atoms with E-state index >= 15 is 0 Å². The molecule has 1 aromatic carbocycles. The second kappa shape index (κ2) is 4.52. The minimum atomic E-state index is 0.00200. The van der Waals surface area contributed by atoms with Crippen molar-refractivity contribution in [2.75, 3.05) is 0 Å². The van der Waals surface area contributed by atoms with Crippen LogP contribution >= 0.6 is 0 Å². The zero-order chi connectivity index (χ0) is 13.5. The second-order valence-electron chi connectivity index (χ2n) is 7.28. The van der Waals surface area contributed by atoms with Gasteiger partial charge in [0, 0.05) is 13.1 Å². The summed E-state index contributed by atoms with van der Waals surface area (Å²) in [4.78, 5) is 0. The lowest BCUT2D eigenvalue weighted by atomic mass is 9.70. The molecule has 0 bridgehead atoms. The van der Waals surface area contributed by atoms with Gasteiger partial charge in [0.1, 0.15) is 11.4 Å². The van der Waals surface area contributed by atoms with E-state index in [1.54, 1.807) is 0 Å². The maximum atomic E-state index is 6.38. The van der Waals surface area contributed by atoms with Crippen LogP contribution in [-0.2, 0) is 13.1 Å². The third-order valence-electron chi connectivity index (χ3n) is 4.58. The predicted molar refractivity (Wildman–Crippen MR) is 78.3 cm³/mol. The Morgan fingerprint density at radius 3 is 2.63 bits per heavy atom. The summed E-state index contributed by atoms with van der Waals surface area (Å²) in [6.45, 7) is 8.98. The molecule has 3 rings (SSSR count). The van der Waals surface area contributed by atoms with Gasteiger partial charge < -0.3 is 10.1 Å². The lowest BCUT2D eigenvalue weighted by Gasteiger charge is -2.42. The number of hydrogen-bond donors (Lipinski definition) is 1. The Bertz CT molecular complexity index is 480. The van der Waals surface area contributed by atoms with Crippen LogP contribution in [0.1, 0.15) is 57.6 Å². The Morgan fingerprint density at radius 2 is 1.84 bits per heavy atom. The molecule has 1 aliphatic heterocycles. The maximum Gasteiger partial charge on any atom is 0.120 e. The first-order valence-corrected chi connectivity index (χ1v) is 7.47. The van der Waals surface area contributed by atoms with Gasteiger partial charge >= 0.3 is 0 Å². The summed E-state index contributed by atoms with van der Waals surface area (Å²) in [5.41, 5.74) is 3.23. The van der Waals surface area contributed by atoms with Crippen LogP contribution in [0.2, 0.25) is 0 Å². The van der Waals surface area contributed by atoms with Gasteiger partial charge in [-0.3, -0.25) is 0 Å². The molecule has 1 aliphatic carbocycles. The molecule has 1 atom stereocenters. The molecule has 0 saturated heterocycles. The van der Waals surface area contributed by atoms with Crippen molar-refractivity contribution in [1.29, 1.82) is 0 Å². The van der Waals surface area contributed by atoms with Gasteiger partial charge in [0.05, 0.1) is 0 Å². The van der Waals surface area contributed by atoms with Crippen molar-refractivity contribution >= 4 is 0 Å². The molecule has 0 radical (unpaired) electrons. The molecule has 2 nitrogen and oxygen atoms in total. The van der Waals surface area contributed by atoms with E-state index in [1.807, 2.05) is 0 Å². The number of hydrogen-bond acceptors (Lipinski definition) is 2. The van der Waals surface area contributed by atoms with Gasteiger partial charge in [-0.25, -0.2) is 0 Å². The van der Waals surface area contributed by atoms with Crippen molar-refractivity contribution in [3.63, 3.8) is 0 Å². The molecule has 1 saturated carbocycles. The topological polar surface area (TPSA) is 21.3 Å². The van der Waals surface area contributed by atoms with Crippen LogP contribution in [0, 0.1) is 5.41 Å². The Labute approximate surface area is 116 Å². The third kappa shape index (κ3) is 2.79. The maximum absolute atomic E-state index is 6.38. The van der Waals surface area contributed by atoms with Crippen LogP contribution in [0.15, 0.2) is 18.2 Å². The van der Waals surface area contributed by atoms with E-state index in [0.29, 0.717) is 5.41 Å². The predicted octanol–water partition coefficient (Wildman–Crippen LogP) is 4.03. The fourth-order valence-corrected chi connectivity index (χ4v) is 3.84. The van der Waals surface area contributed by atoms with Crippen molar-refractivity contribution in [3.8, 4) is 5.75 Å². The number of rotatable bonds is 2. The average Bonchev–Trinajstić information content (AvgIpc) is 2.73. The van der Waals surface area contributed by atoms with Crippen molar-refractivity contribution < 1.29 is 4.74 Å². The zero-order valence-electron chi connectivity index (χ0n) is 12.4. The highest BCUT2D eigenvalue weighted by molar-refractivity contribution is 5.38. The number of benzene rings is 1. The molecule has 2 heteroatoms. The summed E-state index contributed by atoms with van der Waals surface area (Å²) < 4.78 is 6.38. The molecule has 0 amide bonds. The van der Waals surface area contributed by atoms with Crippen LogP contribution in [0.3, 0.4) is 0 Å². The highest BCUT2D eigenvalue weighted by Gasteiger charge is 2.38. The smallest absolute Gasteiger partial charge is 0.120 e. The number of fused-ring (bicyclic) bond motifs is 1. The fraction of sp³-hybridized carbons (Fsp3) is 0.647. The summed E-state index contributed by atoms with van der Waals surface area (Å²) in [6, 6.07) is 6.57. The minimum Gasteiger partial charge on any atom is -0.488 e. The summed E-state index contributed by atoms with van der Waals surface area (Å²) >= 11 is 0. The third-order valence-corrected chi connectivity index (χ3v) is 4.58. The molecular formula is C17H25NO.